The van der Waals surface area contributed by atoms with Crippen molar-refractivity contribution in [3.05, 3.63) is 57.9 Å². The summed E-state index contributed by atoms with van der Waals surface area (Å²) in [5, 5.41) is 8.22. The van der Waals surface area contributed by atoms with Crippen molar-refractivity contribution >= 4 is 23.6 Å². The van der Waals surface area contributed by atoms with Crippen LogP contribution < -0.4 is 5.32 Å². The van der Waals surface area contributed by atoms with Gasteiger partial charge in [-0.25, -0.2) is 0 Å². The van der Waals surface area contributed by atoms with Gasteiger partial charge in [0.25, 0.3) is 0 Å². The Morgan fingerprint density at radius 1 is 1.40 bits per heavy atom. The maximum absolute atomic E-state index is 12.1. The van der Waals surface area contributed by atoms with Crippen molar-refractivity contribution in [1.29, 1.82) is 0 Å². The van der Waals surface area contributed by atoms with E-state index < -0.39 is 0 Å². The van der Waals surface area contributed by atoms with Crippen LogP contribution in [0.2, 0.25) is 5.02 Å². The molecule has 1 amide bonds. The Hall–Kier alpha value is -2.15. The van der Waals surface area contributed by atoms with Crippen LogP contribution in [-0.4, -0.2) is 48.2 Å². The lowest BCUT2D eigenvalue weighted by molar-refractivity contribution is -0.116. The maximum Gasteiger partial charge on any atom is 0.244 e. The van der Waals surface area contributed by atoms with Gasteiger partial charge in [-0.15, -0.1) is 0 Å². The number of nitrogens with one attached hydrogen (secondary N) is 1. The highest BCUT2D eigenvalue weighted by atomic mass is 35.5. The van der Waals surface area contributed by atoms with Crippen molar-refractivity contribution in [2.45, 2.75) is 45.8 Å². The van der Waals surface area contributed by atoms with Crippen molar-refractivity contribution in [3.63, 3.8) is 0 Å². The number of hydrogen-bond donors (Lipinski definition) is 1. The van der Waals surface area contributed by atoms with Crippen LogP contribution in [0.3, 0.4) is 0 Å². The Morgan fingerprint density at radius 3 is 3.00 bits per heavy atom. The minimum Gasteiger partial charge on any atom is -0.379 e. The van der Waals surface area contributed by atoms with Crippen LogP contribution in [0, 0.1) is 13.8 Å². The van der Waals surface area contributed by atoms with Crippen LogP contribution in [0.4, 0.5) is 0 Å². The van der Waals surface area contributed by atoms with Gasteiger partial charge in [0.05, 0.1) is 24.9 Å². The molecule has 1 aromatic heterocycles. The highest BCUT2D eigenvalue weighted by Crippen LogP contribution is 2.20. The van der Waals surface area contributed by atoms with E-state index in [1.807, 2.05) is 48.9 Å². The lowest BCUT2D eigenvalue weighted by Crippen LogP contribution is -2.23. The zero-order valence-electron chi connectivity index (χ0n) is 17.7. The molecule has 0 aliphatic carbocycles. The lowest BCUT2D eigenvalue weighted by atomic mass is 10.1. The molecule has 0 saturated carbocycles. The zero-order chi connectivity index (χ0) is 21.3. The van der Waals surface area contributed by atoms with Crippen LogP contribution >= 0.6 is 11.6 Å². The number of carbonyl (C=O) groups excluding carboxylic acids is 1. The number of nitrogens with zero attached hydrogens (tertiary/aromatic N) is 2. The molecule has 162 valence electrons. The summed E-state index contributed by atoms with van der Waals surface area (Å²) in [6.45, 7) is 7.23. The number of halogens is 1. The van der Waals surface area contributed by atoms with Gasteiger partial charge in [0.1, 0.15) is 0 Å². The molecule has 2 aromatic rings. The molecule has 1 N–H and O–H groups in total. The fourth-order valence-corrected chi connectivity index (χ4v) is 3.68. The van der Waals surface area contributed by atoms with Crippen LogP contribution in [0.1, 0.15) is 41.8 Å². The summed E-state index contributed by atoms with van der Waals surface area (Å²) in [6.07, 6.45) is 6.60. The predicted octanol–water partition coefficient (Wildman–Crippen LogP) is 3.92. The number of hydrogen-bond acceptors (Lipinski definition) is 4. The molecule has 3 rings (SSSR count). The van der Waals surface area contributed by atoms with Gasteiger partial charge in [-0.05, 0) is 50.8 Å². The van der Waals surface area contributed by atoms with Crippen LogP contribution in [0.15, 0.2) is 30.3 Å². The quantitative estimate of drug-likeness (QED) is 0.457. The molecule has 0 bridgehead atoms. The normalized spacial score (nSPS) is 16.4. The Kier molecular flexibility index (Phi) is 8.49. The van der Waals surface area contributed by atoms with Gasteiger partial charge >= 0.3 is 0 Å². The van der Waals surface area contributed by atoms with Gasteiger partial charge < -0.3 is 14.8 Å². The number of carbonyl (C=O) groups is 1. The largest absolute Gasteiger partial charge is 0.379 e. The van der Waals surface area contributed by atoms with Gasteiger partial charge in [-0.3, -0.25) is 9.48 Å². The molecule has 1 aliphatic heterocycles. The van der Waals surface area contributed by atoms with Gasteiger partial charge in [-0.2, -0.15) is 5.10 Å². The Balaban J connectivity index is 1.44. The topological polar surface area (TPSA) is 65.4 Å². The second kappa shape index (κ2) is 11.3. The number of amides is 1. The number of ether oxygens (including phenoxy) is 2. The molecule has 0 radical (unpaired) electrons. The zero-order valence-corrected chi connectivity index (χ0v) is 18.5. The van der Waals surface area contributed by atoms with Gasteiger partial charge in [-0.1, -0.05) is 29.8 Å². The first kappa shape index (κ1) is 22.5. The Labute approximate surface area is 183 Å². The molecule has 7 heteroatoms. The van der Waals surface area contributed by atoms with E-state index >= 15 is 0 Å². The minimum absolute atomic E-state index is 0.119. The molecule has 1 saturated heterocycles. The van der Waals surface area contributed by atoms with Gasteiger partial charge in [0.2, 0.25) is 5.91 Å². The molecule has 6 nitrogen and oxygen atoms in total. The summed E-state index contributed by atoms with van der Waals surface area (Å²) in [4.78, 5) is 12.1. The molecule has 1 atom stereocenters. The number of benzene rings is 1. The number of rotatable bonds is 10. The summed E-state index contributed by atoms with van der Waals surface area (Å²) < 4.78 is 13.0. The van der Waals surface area contributed by atoms with Crippen LogP contribution in [-0.2, 0) is 20.8 Å². The summed E-state index contributed by atoms with van der Waals surface area (Å²) in [6, 6.07) is 7.75. The molecule has 1 fully saturated rings. The molecule has 2 heterocycles. The average Bonchev–Trinajstić information content (AvgIpc) is 3.33. The molecule has 30 heavy (non-hydrogen) atoms. The third-order valence-corrected chi connectivity index (χ3v) is 5.58. The van der Waals surface area contributed by atoms with E-state index in [0.717, 1.165) is 53.4 Å². The lowest BCUT2D eigenvalue weighted by Gasteiger charge is -2.09. The van der Waals surface area contributed by atoms with Gasteiger partial charge in [0, 0.05) is 42.1 Å². The van der Waals surface area contributed by atoms with E-state index in [4.69, 9.17) is 21.1 Å². The van der Waals surface area contributed by atoms with E-state index in [2.05, 4.69) is 10.4 Å². The summed E-state index contributed by atoms with van der Waals surface area (Å²) in [7, 11) is 0. The van der Waals surface area contributed by atoms with Crippen LogP contribution in [0.25, 0.3) is 6.08 Å². The van der Waals surface area contributed by atoms with Crippen molar-refractivity contribution in [3.8, 4) is 0 Å². The third-order valence-electron chi connectivity index (χ3n) is 5.21. The van der Waals surface area contributed by atoms with Crippen LogP contribution in [0.5, 0.6) is 0 Å². The molecule has 1 aromatic carbocycles. The smallest absolute Gasteiger partial charge is 0.244 e. The molecule has 1 unspecified atom stereocenters. The fourth-order valence-electron chi connectivity index (χ4n) is 3.49. The first-order valence-corrected chi connectivity index (χ1v) is 10.8. The van der Waals surface area contributed by atoms with E-state index in [-0.39, 0.29) is 12.0 Å². The molecule has 0 spiro atoms. The van der Waals surface area contributed by atoms with Crippen molar-refractivity contribution in [1.82, 2.24) is 15.1 Å². The van der Waals surface area contributed by atoms with Crippen molar-refractivity contribution < 1.29 is 14.3 Å². The summed E-state index contributed by atoms with van der Waals surface area (Å²) >= 11 is 6.27. The van der Waals surface area contributed by atoms with Crippen molar-refractivity contribution in [2.75, 3.05) is 26.4 Å². The maximum atomic E-state index is 12.1. The fraction of sp³-hybridized carbons (Fsp3) is 0.478. The second-order valence-electron chi connectivity index (χ2n) is 7.52. The van der Waals surface area contributed by atoms with E-state index in [1.54, 1.807) is 6.08 Å². The minimum atomic E-state index is -0.119. The first-order chi connectivity index (χ1) is 14.5. The van der Waals surface area contributed by atoms with E-state index in [1.165, 1.54) is 0 Å². The molecule has 1 aliphatic rings. The standard InChI is InChI=1S/C23H30ClN3O3/c1-17-21(18(2)27(26-17)15-19-7-3-4-9-22(19)24)10-11-23(28)25-12-6-13-29-16-20-8-5-14-30-20/h3-4,7,9-11,20H,5-6,8,12-16H2,1-2H3,(H,25,28). The second-order valence-corrected chi connectivity index (χ2v) is 7.93. The summed E-state index contributed by atoms with van der Waals surface area (Å²) in [5.74, 6) is -0.119. The Morgan fingerprint density at radius 2 is 2.23 bits per heavy atom. The average molecular weight is 432 g/mol. The van der Waals surface area contributed by atoms with E-state index in [9.17, 15) is 4.79 Å². The molecular formula is C23H30ClN3O3. The van der Waals surface area contributed by atoms with Crippen molar-refractivity contribution in [2.24, 2.45) is 0 Å². The van der Waals surface area contributed by atoms with E-state index in [0.29, 0.717) is 26.3 Å². The van der Waals surface area contributed by atoms with Gasteiger partial charge in [0.15, 0.2) is 0 Å². The first-order valence-electron chi connectivity index (χ1n) is 10.5. The highest BCUT2D eigenvalue weighted by Gasteiger charge is 2.15. The predicted molar refractivity (Wildman–Crippen MR) is 119 cm³/mol. The number of aryl methyl sites for hydroxylation is 1. The Bertz CT molecular complexity index is 873. The summed E-state index contributed by atoms with van der Waals surface area (Å²) in [5.41, 5.74) is 3.85. The highest BCUT2D eigenvalue weighted by molar-refractivity contribution is 6.31. The SMILES string of the molecule is Cc1nn(Cc2ccccc2Cl)c(C)c1C=CC(=O)NCCCOCC1CCCO1. The monoisotopic (exact) mass is 431 g/mol. The molecular weight excluding hydrogens is 402 g/mol. The third kappa shape index (κ3) is 6.42. The number of aromatic nitrogens is 2.